The fourth-order valence-corrected chi connectivity index (χ4v) is 2.74. The molecule has 18 heavy (non-hydrogen) atoms. The summed E-state index contributed by atoms with van der Waals surface area (Å²) in [6, 6.07) is 0. The van der Waals surface area contributed by atoms with Crippen molar-refractivity contribution in [1.29, 1.82) is 0 Å². The summed E-state index contributed by atoms with van der Waals surface area (Å²) in [4.78, 5) is 4.12. The Morgan fingerprint density at radius 2 is 2.28 bits per heavy atom. The molecule has 0 radical (unpaired) electrons. The van der Waals surface area contributed by atoms with Gasteiger partial charge in [0.25, 0.3) is 0 Å². The number of hydrogen-bond donors (Lipinski definition) is 1. The van der Waals surface area contributed by atoms with Gasteiger partial charge in [-0.05, 0) is 11.8 Å². The average Bonchev–Trinajstić information content (AvgIpc) is 2.87. The van der Waals surface area contributed by atoms with E-state index in [9.17, 15) is 0 Å². The van der Waals surface area contributed by atoms with Gasteiger partial charge in [0.05, 0.1) is 18.1 Å². The van der Waals surface area contributed by atoms with Gasteiger partial charge in [0.2, 0.25) is 0 Å². The summed E-state index contributed by atoms with van der Waals surface area (Å²) in [5.74, 6) is 0.623. The normalized spacial score (nSPS) is 24.7. The molecule has 0 amide bonds. The van der Waals surface area contributed by atoms with Gasteiger partial charge in [0.15, 0.2) is 0 Å². The van der Waals surface area contributed by atoms with E-state index in [4.69, 9.17) is 4.74 Å². The highest BCUT2D eigenvalue weighted by Gasteiger charge is 2.36. The highest BCUT2D eigenvalue weighted by Crippen LogP contribution is 2.34. The molecule has 2 heterocycles. The van der Waals surface area contributed by atoms with Crippen molar-refractivity contribution in [1.82, 2.24) is 14.9 Å². The molecule has 1 aliphatic heterocycles. The molecule has 1 fully saturated rings. The van der Waals surface area contributed by atoms with Gasteiger partial charge in [-0.3, -0.25) is 0 Å². The Hall–Kier alpha value is -0.870. The Morgan fingerprint density at radius 1 is 1.50 bits per heavy atom. The van der Waals surface area contributed by atoms with Crippen molar-refractivity contribution in [3.63, 3.8) is 0 Å². The number of nitrogens with zero attached hydrogens (tertiary/aromatic N) is 2. The third-order valence-corrected chi connectivity index (χ3v) is 3.70. The summed E-state index contributed by atoms with van der Waals surface area (Å²) < 4.78 is 7.94. The maximum Gasteiger partial charge on any atom is 0.0945 e. The van der Waals surface area contributed by atoms with Crippen LogP contribution >= 0.6 is 0 Å². The Kier molecular flexibility index (Phi) is 4.07. The van der Waals surface area contributed by atoms with Gasteiger partial charge in [-0.2, -0.15) is 0 Å². The van der Waals surface area contributed by atoms with Crippen molar-refractivity contribution in [2.24, 2.45) is 18.4 Å². The van der Waals surface area contributed by atoms with E-state index < -0.39 is 0 Å². The zero-order chi connectivity index (χ0) is 13.2. The van der Waals surface area contributed by atoms with Crippen LogP contribution in [0.25, 0.3) is 0 Å². The number of nitrogens with one attached hydrogen (secondary N) is 1. The van der Waals surface area contributed by atoms with Crippen LogP contribution in [-0.4, -0.2) is 28.8 Å². The monoisotopic (exact) mass is 251 g/mol. The zero-order valence-corrected chi connectivity index (χ0v) is 11.9. The molecule has 4 nitrogen and oxygen atoms in total. The molecule has 0 bridgehead atoms. The molecular weight excluding hydrogens is 226 g/mol. The summed E-state index contributed by atoms with van der Waals surface area (Å²) in [6.45, 7) is 9.59. The molecule has 102 valence electrons. The first kappa shape index (κ1) is 13.6. The molecule has 2 rings (SSSR count). The summed E-state index contributed by atoms with van der Waals surface area (Å²) in [5, 5.41) is 3.53. The average molecular weight is 251 g/mol. The van der Waals surface area contributed by atoms with E-state index in [0.717, 1.165) is 19.7 Å². The SMILES string of the molecule is Cn1cncc1CNC[C@H]1CCO[C@@H]1C(C)(C)C. The molecule has 4 heteroatoms. The second kappa shape index (κ2) is 5.41. The molecular formula is C14H25N3O. The molecule has 0 saturated carbocycles. The Balaban J connectivity index is 1.81. The molecule has 1 aromatic heterocycles. The minimum atomic E-state index is 0.232. The van der Waals surface area contributed by atoms with Crippen LogP contribution in [0.15, 0.2) is 12.5 Å². The molecule has 0 aliphatic carbocycles. The standard InChI is InChI=1S/C14H25N3O/c1-14(2,3)13-11(5-6-18-13)7-15-8-12-9-16-10-17(12)4/h9-11,13,15H,5-8H2,1-4H3/t11-,13+/m1/s1. The van der Waals surface area contributed by atoms with Gasteiger partial charge in [0.1, 0.15) is 0 Å². The lowest BCUT2D eigenvalue weighted by Crippen LogP contribution is -2.36. The van der Waals surface area contributed by atoms with Crippen molar-refractivity contribution >= 4 is 0 Å². The molecule has 1 N–H and O–H groups in total. The van der Waals surface area contributed by atoms with Crippen LogP contribution in [0.4, 0.5) is 0 Å². The lowest BCUT2D eigenvalue weighted by atomic mass is 9.81. The van der Waals surface area contributed by atoms with Crippen LogP contribution in [0.1, 0.15) is 32.9 Å². The van der Waals surface area contributed by atoms with Crippen molar-refractivity contribution in [3.8, 4) is 0 Å². The lowest BCUT2D eigenvalue weighted by Gasteiger charge is -2.31. The predicted octanol–water partition coefficient (Wildman–Crippen LogP) is 1.96. The van der Waals surface area contributed by atoms with Crippen molar-refractivity contribution in [2.75, 3.05) is 13.2 Å². The third-order valence-electron chi connectivity index (χ3n) is 3.70. The van der Waals surface area contributed by atoms with Crippen LogP contribution < -0.4 is 5.32 Å². The molecule has 1 aromatic rings. The summed E-state index contributed by atoms with van der Waals surface area (Å²) >= 11 is 0. The van der Waals surface area contributed by atoms with E-state index in [2.05, 4.69) is 35.6 Å². The third kappa shape index (κ3) is 3.12. The first-order valence-corrected chi connectivity index (χ1v) is 6.76. The Morgan fingerprint density at radius 3 is 2.89 bits per heavy atom. The first-order chi connectivity index (χ1) is 8.48. The minimum Gasteiger partial charge on any atom is -0.377 e. The van der Waals surface area contributed by atoms with Crippen LogP contribution in [0.5, 0.6) is 0 Å². The second-order valence-corrected chi connectivity index (χ2v) is 6.33. The summed E-state index contributed by atoms with van der Waals surface area (Å²) in [7, 11) is 2.03. The zero-order valence-electron chi connectivity index (χ0n) is 11.9. The largest absolute Gasteiger partial charge is 0.377 e. The van der Waals surface area contributed by atoms with Gasteiger partial charge in [-0.15, -0.1) is 0 Å². The number of hydrogen-bond acceptors (Lipinski definition) is 3. The fourth-order valence-electron chi connectivity index (χ4n) is 2.74. The fraction of sp³-hybridized carbons (Fsp3) is 0.786. The van der Waals surface area contributed by atoms with Crippen molar-refractivity contribution in [2.45, 2.75) is 39.8 Å². The topological polar surface area (TPSA) is 39.1 Å². The number of imidazole rings is 1. The maximum atomic E-state index is 5.88. The lowest BCUT2D eigenvalue weighted by molar-refractivity contribution is 0.00719. The molecule has 0 spiro atoms. The number of ether oxygens (including phenoxy) is 1. The van der Waals surface area contributed by atoms with E-state index in [0.29, 0.717) is 12.0 Å². The number of aromatic nitrogens is 2. The van der Waals surface area contributed by atoms with Crippen LogP contribution in [0, 0.1) is 11.3 Å². The molecule has 2 atom stereocenters. The summed E-state index contributed by atoms with van der Waals surface area (Å²) in [5.41, 5.74) is 1.45. The van der Waals surface area contributed by atoms with Crippen molar-refractivity contribution < 1.29 is 4.74 Å². The van der Waals surface area contributed by atoms with E-state index in [-0.39, 0.29) is 5.41 Å². The molecule has 1 saturated heterocycles. The van der Waals surface area contributed by atoms with Gasteiger partial charge >= 0.3 is 0 Å². The molecule has 1 aliphatic rings. The highest BCUT2D eigenvalue weighted by atomic mass is 16.5. The Bertz CT molecular complexity index is 381. The molecule has 0 aromatic carbocycles. The number of aryl methyl sites for hydroxylation is 1. The van der Waals surface area contributed by atoms with E-state index in [1.807, 2.05) is 19.6 Å². The maximum absolute atomic E-state index is 5.88. The van der Waals surface area contributed by atoms with E-state index >= 15 is 0 Å². The van der Waals surface area contributed by atoms with Crippen LogP contribution in [0.2, 0.25) is 0 Å². The predicted molar refractivity (Wildman–Crippen MR) is 72.2 cm³/mol. The molecule has 0 unspecified atom stereocenters. The van der Waals surface area contributed by atoms with Gasteiger partial charge < -0.3 is 14.6 Å². The van der Waals surface area contributed by atoms with Gasteiger partial charge in [-0.25, -0.2) is 4.98 Å². The van der Waals surface area contributed by atoms with Crippen LogP contribution in [0.3, 0.4) is 0 Å². The van der Waals surface area contributed by atoms with E-state index in [1.54, 1.807) is 0 Å². The minimum absolute atomic E-state index is 0.232. The number of rotatable bonds is 4. The van der Waals surface area contributed by atoms with Crippen LogP contribution in [-0.2, 0) is 18.3 Å². The van der Waals surface area contributed by atoms with Gasteiger partial charge in [-0.1, -0.05) is 20.8 Å². The van der Waals surface area contributed by atoms with E-state index in [1.165, 1.54) is 12.1 Å². The first-order valence-electron chi connectivity index (χ1n) is 6.76. The highest BCUT2D eigenvalue weighted by molar-refractivity contribution is 4.97. The quantitative estimate of drug-likeness (QED) is 0.889. The second-order valence-electron chi connectivity index (χ2n) is 6.33. The summed E-state index contributed by atoms with van der Waals surface area (Å²) in [6.07, 6.45) is 5.30. The van der Waals surface area contributed by atoms with Gasteiger partial charge in [0, 0.05) is 38.9 Å². The Labute approximate surface area is 110 Å². The van der Waals surface area contributed by atoms with Crippen molar-refractivity contribution in [3.05, 3.63) is 18.2 Å². The smallest absolute Gasteiger partial charge is 0.0945 e.